The zero-order valence-corrected chi connectivity index (χ0v) is 10.5. The van der Waals surface area contributed by atoms with Crippen LogP contribution >= 0.6 is 0 Å². The molecule has 1 aromatic rings. The predicted molar refractivity (Wildman–Crippen MR) is 68.1 cm³/mol. The van der Waals surface area contributed by atoms with Crippen molar-refractivity contribution < 1.29 is 4.74 Å². The van der Waals surface area contributed by atoms with Gasteiger partial charge in [-0.25, -0.2) is 0 Å². The third-order valence-electron chi connectivity index (χ3n) is 2.37. The second-order valence-electron chi connectivity index (χ2n) is 4.23. The molecular formula is C12H21N3O. The molecule has 1 N–H and O–H groups in total. The summed E-state index contributed by atoms with van der Waals surface area (Å²) >= 11 is 0. The molecule has 0 aromatic carbocycles. The summed E-state index contributed by atoms with van der Waals surface area (Å²) in [6, 6.07) is 2.00. The Kier molecular flexibility index (Phi) is 5.05. The van der Waals surface area contributed by atoms with Gasteiger partial charge in [-0.15, -0.1) is 0 Å². The van der Waals surface area contributed by atoms with Gasteiger partial charge in [-0.3, -0.25) is 4.98 Å². The number of hydrogen-bond donors (Lipinski definition) is 1. The molecule has 0 amide bonds. The van der Waals surface area contributed by atoms with Crippen molar-refractivity contribution in [3.05, 3.63) is 18.5 Å². The average molecular weight is 223 g/mol. The van der Waals surface area contributed by atoms with Crippen molar-refractivity contribution in [3.63, 3.8) is 0 Å². The van der Waals surface area contributed by atoms with E-state index in [1.165, 1.54) is 0 Å². The van der Waals surface area contributed by atoms with Crippen LogP contribution in [-0.2, 0) is 4.74 Å². The van der Waals surface area contributed by atoms with Crippen LogP contribution in [0.5, 0.6) is 0 Å². The van der Waals surface area contributed by atoms with E-state index < -0.39 is 0 Å². The van der Waals surface area contributed by atoms with Gasteiger partial charge in [0.1, 0.15) is 0 Å². The van der Waals surface area contributed by atoms with Gasteiger partial charge in [0.2, 0.25) is 0 Å². The van der Waals surface area contributed by atoms with Gasteiger partial charge in [-0.2, -0.15) is 0 Å². The highest BCUT2D eigenvalue weighted by Gasteiger charge is 2.06. The molecule has 0 saturated carbocycles. The molecule has 0 aliphatic heterocycles. The maximum atomic E-state index is 5.10. The van der Waals surface area contributed by atoms with E-state index in [0.29, 0.717) is 5.92 Å². The highest BCUT2D eigenvalue weighted by atomic mass is 16.5. The number of nitrogens with one attached hydrogen (secondary N) is 1. The zero-order valence-electron chi connectivity index (χ0n) is 10.5. The topological polar surface area (TPSA) is 37.4 Å². The first kappa shape index (κ1) is 12.8. The van der Waals surface area contributed by atoms with Crippen molar-refractivity contribution in [1.82, 2.24) is 4.98 Å². The van der Waals surface area contributed by atoms with Crippen LogP contribution in [0.3, 0.4) is 0 Å². The molecule has 0 aliphatic carbocycles. The lowest BCUT2D eigenvalue weighted by molar-refractivity contribution is 0.164. The van der Waals surface area contributed by atoms with E-state index in [4.69, 9.17) is 4.74 Å². The maximum absolute atomic E-state index is 5.10. The molecule has 0 bridgehead atoms. The minimum Gasteiger partial charge on any atom is -0.384 e. The van der Waals surface area contributed by atoms with Gasteiger partial charge >= 0.3 is 0 Å². The summed E-state index contributed by atoms with van der Waals surface area (Å²) < 4.78 is 5.10. The van der Waals surface area contributed by atoms with E-state index in [9.17, 15) is 0 Å². The summed E-state index contributed by atoms with van der Waals surface area (Å²) in [6.07, 6.45) is 3.66. The normalized spacial score (nSPS) is 12.2. The van der Waals surface area contributed by atoms with Crippen molar-refractivity contribution in [3.8, 4) is 0 Å². The Labute approximate surface area is 97.6 Å². The Morgan fingerprint density at radius 3 is 2.88 bits per heavy atom. The molecule has 1 atom stereocenters. The summed E-state index contributed by atoms with van der Waals surface area (Å²) in [5, 5.41) is 3.40. The summed E-state index contributed by atoms with van der Waals surface area (Å²) in [4.78, 5) is 6.21. The number of methoxy groups -OCH3 is 1. The summed E-state index contributed by atoms with van der Waals surface area (Å²) in [5.41, 5.74) is 2.22. The molecule has 0 radical (unpaired) electrons. The van der Waals surface area contributed by atoms with Crippen molar-refractivity contribution >= 4 is 11.4 Å². The molecule has 0 saturated heterocycles. The monoisotopic (exact) mass is 223 g/mol. The minimum atomic E-state index is 0.486. The molecule has 4 heteroatoms. The molecule has 90 valence electrons. The third-order valence-corrected chi connectivity index (χ3v) is 2.37. The minimum absolute atomic E-state index is 0.486. The highest BCUT2D eigenvalue weighted by Crippen LogP contribution is 2.22. The molecule has 1 rings (SSSR count). The van der Waals surface area contributed by atoms with Crippen molar-refractivity contribution in [2.75, 3.05) is 44.6 Å². The lowest BCUT2D eigenvalue weighted by Crippen LogP contribution is -2.18. The third kappa shape index (κ3) is 3.70. The Morgan fingerprint density at radius 1 is 1.50 bits per heavy atom. The van der Waals surface area contributed by atoms with Crippen LogP contribution in [0.25, 0.3) is 0 Å². The number of pyridine rings is 1. The van der Waals surface area contributed by atoms with Crippen LogP contribution in [0, 0.1) is 5.92 Å². The van der Waals surface area contributed by atoms with Gasteiger partial charge in [0.15, 0.2) is 0 Å². The molecule has 0 fully saturated rings. The summed E-state index contributed by atoms with van der Waals surface area (Å²) in [7, 11) is 5.78. The fourth-order valence-corrected chi connectivity index (χ4v) is 1.54. The van der Waals surface area contributed by atoms with Crippen molar-refractivity contribution in [1.29, 1.82) is 0 Å². The largest absolute Gasteiger partial charge is 0.384 e. The smallest absolute Gasteiger partial charge is 0.0764 e. The molecule has 1 heterocycles. The fraction of sp³-hybridized carbons (Fsp3) is 0.583. The highest BCUT2D eigenvalue weighted by molar-refractivity contribution is 5.67. The molecule has 4 nitrogen and oxygen atoms in total. The van der Waals surface area contributed by atoms with Gasteiger partial charge in [-0.1, -0.05) is 6.92 Å². The first-order valence-corrected chi connectivity index (χ1v) is 5.49. The van der Waals surface area contributed by atoms with E-state index >= 15 is 0 Å². The second kappa shape index (κ2) is 6.33. The van der Waals surface area contributed by atoms with Crippen LogP contribution in [0.1, 0.15) is 6.92 Å². The van der Waals surface area contributed by atoms with Gasteiger partial charge in [0.25, 0.3) is 0 Å². The van der Waals surface area contributed by atoms with Crippen LogP contribution in [0.4, 0.5) is 11.4 Å². The molecule has 1 aromatic heterocycles. The van der Waals surface area contributed by atoms with Gasteiger partial charge in [-0.05, 0) is 12.0 Å². The van der Waals surface area contributed by atoms with E-state index in [1.807, 2.05) is 26.4 Å². The van der Waals surface area contributed by atoms with Crippen LogP contribution in [0.15, 0.2) is 18.5 Å². The molecule has 16 heavy (non-hydrogen) atoms. The quantitative estimate of drug-likeness (QED) is 0.798. The van der Waals surface area contributed by atoms with E-state index in [2.05, 4.69) is 22.1 Å². The molecule has 0 spiro atoms. The number of rotatable bonds is 6. The van der Waals surface area contributed by atoms with Crippen LogP contribution in [-0.4, -0.2) is 39.3 Å². The molecular weight excluding hydrogens is 202 g/mol. The molecule has 1 unspecified atom stereocenters. The first-order chi connectivity index (χ1) is 7.65. The Bertz CT molecular complexity index is 315. The van der Waals surface area contributed by atoms with Crippen LogP contribution < -0.4 is 10.2 Å². The number of aromatic nitrogens is 1. The standard InChI is InChI=1S/C12H21N3O/c1-10(9-16-4)7-14-11-8-13-6-5-12(11)15(2)3/h5-6,8,10,14H,7,9H2,1-4H3. The SMILES string of the molecule is COCC(C)CNc1cnccc1N(C)C. The summed E-state index contributed by atoms with van der Waals surface area (Å²) in [6.45, 7) is 3.81. The maximum Gasteiger partial charge on any atom is 0.0764 e. The van der Waals surface area contributed by atoms with E-state index in [-0.39, 0.29) is 0 Å². The lowest BCUT2D eigenvalue weighted by atomic mass is 10.2. The van der Waals surface area contributed by atoms with Crippen LogP contribution in [0.2, 0.25) is 0 Å². The fourth-order valence-electron chi connectivity index (χ4n) is 1.54. The van der Waals surface area contributed by atoms with Gasteiger partial charge in [0.05, 0.1) is 24.2 Å². The second-order valence-corrected chi connectivity index (χ2v) is 4.23. The Morgan fingerprint density at radius 2 is 2.25 bits per heavy atom. The Balaban J connectivity index is 2.59. The zero-order chi connectivity index (χ0) is 12.0. The Hall–Kier alpha value is -1.29. The summed E-state index contributed by atoms with van der Waals surface area (Å²) in [5.74, 6) is 0.486. The molecule has 0 aliphatic rings. The van der Waals surface area contributed by atoms with E-state index in [0.717, 1.165) is 24.5 Å². The average Bonchev–Trinajstić information content (AvgIpc) is 2.27. The number of anilines is 2. The van der Waals surface area contributed by atoms with Crippen molar-refractivity contribution in [2.45, 2.75) is 6.92 Å². The van der Waals surface area contributed by atoms with Gasteiger partial charge in [0, 0.05) is 33.9 Å². The lowest BCUT2D eigenvalue weighted by Gasteiger charge is -2.19. The van der Waals surface area contributed by atoms with Gasteiger partial charge < -0.3 is 15.0 Å². The number of nitrogens with zero attached hydrogens (tertiary/aromatic N) is 2. The number of ether oxygens (including phenoxy) is 1. The van der Waals surface area contributed by atoms with Crippen molar-refractivity contribution in [2.24, 2.45) is 5.92 Å². The van der Waals surface area contributed by atoms with E-state index in [1.54, 1.807) is 13.3 Å². The number of hydrogen-bond acceptors (Lipinski definition) is 4. The predicted octanol–water partition coefficient (Wildman–Crippen LogP) is 1.84. The first-order valence-electron chi connectivity index (χ1n) is 5.49.